The molecule has 1 fully saturated rings. The molecule has 49 heavy (non-hydrogen) atoms. The molecular weight excluding hydrogens is 637 g/mol. The number of carbonyl (C=O) groups is 3. The number of hydrogen-bond acceptors (Lipinski definition) is 10. The van der Waals surface area contributed by atoms with Crippen LogP contribution in [0.5, 0.6) is 5.75 Å². The third-order valence-corrected chi connectivity index (χ3v) is 7.86. The van der Waals surface area contributed by atoms with Crippen molar-refractivity contribution < 1.29 is 51.9 Å². The molecule has 5 atom stereocenters. The molecule has 2 aliphatic rings. The minimum absolute atomic E-state index is 0.0744. The molecule has 0 spiro atoms. The molecule has 0 saturated carbocycles. The number of methoxy groups -OCH3 is 1. The van der Waals surface area contributed by atoms with Gasteiger partial charge in [-0.05, 0) is 77.8 Å². The van der Waals surface area contributed by atoms with Crippen molar-refractivity contribution in [2.24, 2.45) is 5.92 Å². The van der Waals surface area contributed by atoms with Gasteiger partial charge in [0.05, 0.1) is 17.4 Å². The summed E-state index contributed by atoms with van der Waals surface area (Å²) in [6, 6.07) is 11.4. The van der Waals surface area contributed by atoms with Gasteiger partial charge in [0.2, 0.25) is 0 Å². The summed E-state index contributed by atoms with van der Waals surface area (Å²) in [6.45, 7) is 11.8. The molecule has 2 aromatic rings. The minimum Gasteiger partial charge on any atom is -0.467 e. The largest absolute Gasteiger partial charge is 0.467 e. The first kappa shape index (κ1) is 37.6. The van der Waals surface area contributed by atoms with Crippen molar-refractivity contribution >= 4 is 29.8 Å². The molecule has 0 aliphatic carbocycles. The van der Waals surface area contributed by atoms with E-state index in [0.29, 0.717) is 11.3 Å². The van der Waals surface area contributed by atoms with Crippen LogP contribution in [0, 0.1) is 5.92 Å². The number of halogens is 1. The molecule has 11 nitrogen and oxygen atoms in total. The molecule has 266 valence electrons. The van der Waals surface area contributed by atoms with Gasteiger partial charge in [0.25, 0.3) is 0 Å². The number of anilines is 1. The van der Waals surface area contributed by atoms with Gasteiger partial charge in [-0.2, -0.15) is 0 Å². The van der Waals surface area contributed by atoms with Gasteiger partial charge < -0.3 is 33.2 Å². The zero-order valence-electron chi connectivity index (χ0n) is 29.5. The van der Waals surface area contributed by atoms with Crippen LogP contribution in [0.25, 0.3) is 6.08 Å². The van der Waals surface area contributed by atoms with Crippen molar-refractivity contribution in [1.82, 2.24) is 0 Å². The van der Waals surface area contributed by atoms with Gasteiger partial charge in [-0.3, -0.25) is 4.90 Å². The van der Waals surface area contributed by atoms with E-state index >= 15 is 4.39 Å². The lowest BCUT2D eigenvalue weighted by molar-refractivity contribution is -0.154. The highest BCUT2D eigenvalue weighted by Gasteiger charge is 2.48. The first-order valence-corrected chi connectivity index (χ1v) is 16.1. The van der Waals surface area contributed by atoms with Crippen molar-refractivity contribution in [2.45, 2.75) is 90.7 Å². The summed E-state index contributed by atoms with van der Waals surface area (Å²) in [6.07, 6.45) is 0.104. The molecule has 4 rings (SSSR count). The second kappa shape index (κ2) is 15.5. The van der Waals surface area contributed by atoms with Crippen LogP contribution in [0.1, 0.15) is 81.2 Å². The highest BCUT2D eigenvalue weighted by Crippen LogP contribution is 2.38. The van der Waals surface area contributed by atoms with E-state index in [2.05, 4.69) is 0 Å². The first-order valence-electron chi connectivity index (χ1n) is 16.1. The summed E-state index contributed by atoms with van der Waals surface area (Å²) in [7, 11) is 2.98. The van der Waals surface area contributed by atoms with E-state index in [0.717, 1.165) is 0 Å². The first-order chi connectivity index (χ1) is 23.0. The van der Waals surface area contributed by atoms with Gasteiger partial charge in [0, 0.05) is 26.1 Å². The third kappa shape index (κ3) is 9.68. The standard InChI is InChI=1S/C37H46FNO10/c1-22-18-27(38)31(46-33(40)24-14-11-10-12-15-24)32-28(47-37(6,7)48-32)17-13-16-25-19-26(39(8)35(42)49-36(3,4)5)20-29(44-21-43-9)30(25)34(41)45-23(22)2/h10-16,18-20,22-23,28,31-32H,17,21H2,1-9H3/b16-13?,27-18+/t22-,23+,28+,31?,32+/m1/s1. The van der Waals surface area contributed by atoms with E-state index < -0.39 is 65.6 Å². The number of rotatable bonds is 6. The van der Waals surface area contributed by atoms with Crippen LogP contribution in [-0.2, 0) is 28.4 Å². The van der Waals surface area contributed by atoms with Crippen molar-refractivity contribution in [3.05, 3.63) is 77.1 Å². The molecule has 1 amide bonds. The predicted molar refractivity (Wildman–Crippen MR) is 180 cm³/mol. The van der Waals surface area contributed by atoms with Crippen LogP contribution in [0.4, 0.5) is 14.9 Å². The number of carbonyl (C=O) groups excluding carboxylic acids is 3. The quantitative estimate of drug-likeness (QED) is 0.175. The average molecular weight is 684 g/mol. The van der Waals surface area contributed by atoms with Crippen LogP contribution < -0.4 is 9.64 Å². The van der Waals surface area contributed by atoms with E-state index in [-0.39, 0.29) is 30.1 Å². The zero-order chi connectivity index (χ0) is 36.1. The molecular formula is C37H46FNO10. The maximum Gasteiger partial charge on any atom is 0.414 e. The van der Waals surface area contributed by atoms with Crippen molar-refractivity contribution in [3.63, 3.8) is 0 Å². The fraction of sp³-hybridized carbons (Fsp3) is 0.486. The Hall–Kier alpha value is -4.26. The Labute approximate surface area is 286 Å². The minimum atomic E-state index is -1.46. The Morgan fingerprint density at radius 2 is 1.78 bits per heavy atom. The Balaban J connectivity index is 1.81. The molecule has 2 aliphatic heterocycles. The topological polar surface area (TPSA) is 119 Å². The Morgan fingerprint density at radius 3 is 2.43 bits per heavy atom. The number of amides is 1. The molecule has 12 heteroatoms. The van der Waals surface area contributed by atoms with E-state index in [1.54, 1.807) is 104 Å². The molecule has 2 heterocycles. The number of hydrogen-bond donors (Lipinski definition) is 0. The van der Waals surface area contributed by atoms with Gasteiger partial charge in [-0.15, -0.1) is 0 Å². The summed E-state index contributed by atoms with van der Waals surface area (Å²) in [5.41, 5.74) is 0.306. The van der Waals surface area contributed by atoms with E-state index in [1.807, 2.05) is 0 Å². The van der Waals surface area contributed by atoms with Crippen molar-refractivity contribution in [2.75, 3.05) is 25.9 Å². The lowest BCUT2D eigenvalue weighted by Crippen LogP contribution is -2.39. The highest BCUT2D eigenvalue weighted by molar-refractivity contribution is 5.99. The van der Waals surface area contributed by atoms with Crippen LogP contribution in [0.3, 0.4) is 0 Å². The van der Waals surface area contributed by atoms with Crippen LogP contribution in [0.15, 0.2) is 60.4 Å². The second-order valence-electron chi connectivity index (χ2n) is 13.5. The maximum atomic E-state index is 16.2. The second-order valence-corrected chi connectivity index (χ2v) is 13.5. The number of ether oxygens (including phenoxy) is 7. The van der Waals surface area contributed by atoms with Crippen LogP contribution in [0.2, 0.25) is 0 Å². The predicted octanol–water partition coefficient (Wildman–Crippen LogP) is 7.24. The maximum absolute atomic E-state index is 16.2. The van der Waals surface area contributed by atoms with Crippen LogP contribution in [-0.4, -0.2) is 74.8 Å². The highest BCUT2D eigenvalue weighted by atomic mass is 19.1. The van der Waals surface area contributed by atoms with Gasteiger partial charge in [0.15, 0.2) is 18.7 Å². The van der Waals surface area contributed by atoms with E-state index in [9.17, 15) is 14.4 Å². The fourth-order valence-corrected chi connectivity index (χ4v) is 5.32. The molecule has 0 aromatic heterocycles. The number of esters is 2. The van der Waals surface area contributed by atoms with Gasteiger partial charge in [0.1, 0.15) is 34.9 Å². The molecule has 0 radical (unpaired) electrons. The van der Waals surface area contributed by atoms with Gasteiger partial charge in [-0.1, -0.05) is 37.3 Å². The molecule has 2 aromatic carbocycles. The zero-order valence-corrected chi connectivity index (χ0v) is 29.5. The normalized spacial score (nSPS) is 25.1. The number of cyclic esters (lactones) is 1. The molecule has 1 unspecified atom stereocenters. The molecule has 0 N–H and O–H groups in total. The summed E-state index contributed by atoms with van der Waals surface area (Å²) >= 11 is 0. The lowest BCUT2D eigenvalue weighted by Gasteiger charge is -2.27. The monoisotopic (exact) mass is 683 g/mol. The van der Waals surface area contributed by atoms with E-state index in [4.69, 9.17) is 33.2 Å². The van der Waals surface area contributed by atoms with Crippen molar-refractivity contribution in [1.29, 1.82) is 0 Å². The Kier molecular flexibility index (Phi) is 11.9. The summed E-state index contributed by atoms with van der Waals surface area (Å²) in [4.78, 5) is 41.3. The number of nitrogens with zero attached hydrogens (tertiary/aromatic N) is 1. The third-order valence-electron chi connectivity index (χ3n) is 7.86. The summed E-state index contributed by atoms with van der Waals surface area (Å²) in [5, 5.41) is 0. The van der Waals surface area contributed by atoms with Gasteiger partial charge in [-0.25, -0.2) is 18.8 Å². The number of benzene rings is 2. The average Bonchev–Trinajstić information content (AvgIpc) is 3.34. The van der Waals surface area contributed by atoms with Crippen LogP contribution >= 0.6 is 0 Å². The number of fused-ring (bicyclic) bond motifs is 2. The molecule has 0 bridgehead atoms. The molecule has 1 saturated heterocycles. The lowest BCUT2D eigenvalue weighted by atomic mass is 9.97. The summed E-state index contributed by atoms with van der Waals surface area (Å²) in [5.74, 6) is -3.94. The fourth-order valence-electron chi connectivity index (χ4n) is 5.32. The summed E-state index contributed by atoms with van der Waals surface area (Å²) < 4.78 is 56.7. The van der Waals surface area contributed by atoms with Crippen molar-refractivity contribution in [3.8, 4) is 5.75 Å². The van der Waals surface area contributed by atoms with Gasteiger partial charge >= 0.3 is 18.0 Å². The van der Waals surface area contributed by atoms with E-state index in [1.165, 1.54) is 24.2 Å². The SMILES string of the molecule is COCOc1cc(N(C)C(=O)OC(C)(C)C)cc2c1C(=O)O[C@@H](C)[C@H](C)/C=C(/F)C(OC(=O)c1ccccc1)[C@H]1OC(C)(C)O[C@H]1CC=C2. The smallest absolute Gasteiger partial charge is 0.414 e. The Morgan fingerprint density at radius 1 is 1.08 bits per heavy atom. The Bertz CT molecular complexity index is 1560.